The summed E-state index contributed by atoms with van der Waals surface area (Å²) in [6.45, 7) is 14.4. The fourth-order valence-corrected chi connectivity index (χ4v) is 4.70. The van der Waals surface area contributed by atoms with E-state index in [0.29, 0.717) is 17.7 Å². The number of rotatable bonds is 5. The minimum atomic E-state index is 0.181. The van der Waals surface area contributed by atoms with Gasteiger partial charge >= 0.3 is 0 Å². The normalized spacial score (nSPS) is 27.4. The van der Waals surface area contributed by atoms with E-state index in [1.807, 2.05) is 13.8 Å². The fraction of sp³-hybridized carbons (Fsp3) is 0.947. The molecule has 22 heavy (non-hydrogen) atoms. The van der Waals surface area contributed by atoms with E-state index in [0.717, 1.165) is 31.0 Å². The molecule has 3 heteroatoms. The number of carbonyl (C=O) groups is 1. The number of likely N-dealkylation sites (tertiary alicyclic amines) is 2. The van der Waals surface area contributed by atoms with Crippen molar-refractivity contribution in [2.24, 2.45) is 23.2 Å². The Hall–Kier alpha value is -0.410. The Morgan fingerprint density at radius 3 is 2.18 bits per heavy atom. The molecule has 1 aliphatic carbocycles. The maximum atomic E-state index is 11.9. The van der Waals surface area contributed by atoms with Crippen molar-refractivity contribution in [3.8, 4) is 0 Å². The smallest absolute Gasteiger partial charge is 0.149 e. The van der Waals surface area contributed by atoms with Crippen LogP contribution in [0.3, 0.4) is 0 Å². The Morgan fingerprint density at radius 2 is 1.68 bits per heavy atom. The Morgan fingerprint density at radius 1 is 1.09 bits per heavy atom. The Kier molecular flexibility index (Phi) is 4.66. The largest absolute Gasteiger partial charge is 0.299 e. The highest BCUT2D eigenvalue weighted by atomic mass is 16.1. The van der Waals surface area contributed by atoms with Gasteiger partial charge in [0.25, 0.3) is 0 Å². The van der Waals surface area contributed by atoms with Gasteiger partial charge in [-0.15, -0.1) is 0 Å². The summed E-state index contributed by atoms with van der Waals surface area (Å²) in [5.74, 6) is 2.45. The number of ketones is 1. The van der Waals surface area contributed by atoms with Crippen LogP contribution >= 0.6 is 0 Å². The molecule has 0 atom stereocenters. The molecule has 0 aromatic heterocycles. The summed E-state index contributed by atoms with van der Waals surface area (Å²) >= 11 is 0. The minimum Gasteiger partial charge on any atom is -0.299 e. The number of hydrogen-bond acceptors (Lipinski definition) is 3. The van der Waals surface area contributed by atoms with Crippen LogP contribution in [0.25, 0.3) is 0 Å². The summed E-state index contributed by atoms with van der Waals surface area (Å²) in [6, 6.07) is 0.786. The van der Waals surface area contributed by atoms with Crippen LogP contribution in [-0.4, -0.2) is 54.3 Å². The molecule has 0 aromatic rings. The molecule has 1 saturated carbocycles. The molecule has 3 fully saturated rings. The lowest BCUT2D eigenvalue weighted by Crippen LogP contribution is -2.66. The standard InChI is InChI=1S/C19H34N2O/c1-14(2)16-9-19(10-16)12-21(13-19)17-5-7-20(8-6-17)11-18(22)15(3)4/h14-17H,5-13H2,1-4H3. The zero-order chi connectivity index (χ0) is 15.9. The minimum absolute atomic E-state index is 0.181. The molecule has 126 valence electrons. The zero-order valence-electron chi connectivity index (χ0n) is 15.0. The maximum absolute atomic E-state index is 11.9. The number of carbonyl (C=O) groups excluding carboxylic acids is 1. The molecule has 0 amide bonds. The van der Waals surface area contributed by atoms with E-state index in [9.17, 15) is 4.79 Å². The van der Waals surface area contributed by atoms with E-state index in [4.69, 9.17) is 0 Å². The number of Topliss-reactive ketones (excluding diaryl/α,β-unsaturated/α-hetero) is 1. The predicted octanol–water partition coefficient (Wildman–Crippen LogP) is 3.04. The van der Waals surface area contributed by atoms with Crippen LogP contribution in [0.15, 0.2) is 0 Å². The summed E-state index contributed by atoms with van der Waals surface area (Å²) in [5.41, 5.74) is 0.708. The van der Waals surface area contributed by atoms with Gasteiger partial charge in [-0.2, -0.15) is 0 Å². The monoisotopic (exact) mass is 306 g/mol. The molecule has 2 aliphatic heterocycles. The lowest BCUT2D eigenvalue weighted by molar-refractivity contribution is -0.132. The van der Waals surface area contributed by atoms with E-state index >= 15 is 0 Å². The topological polar surface area (TPSA) is 23.6 Å². The van der Waals surface area contributed by atoms with Crippen molar-refractivity contribution in [2.45, 2.75) is 59.4 Å². The second kappa shape index (κ2) is 6.24. The van der Waals surface area contributed by atoms with Crippen LogP contribution < -0.4 is 0 Å². The van der Waals surface area contributed by atoms with E-state index in [2.05, 4.69) is 23.6 Å². The third kappa shape index (κ3) is 3.26. The van der Waals surface area contributed by atoms with Crippen molar-refractivity contribution in [1.82, 2.24) is 9.80 Å². The number of hydrogen-bond donors (Lipinski definition) is 0. The second-order valence-corrected chi connectivity index (χ2v) is 8.95. The molecule has 0 bridgehead atoms. The average molecular weight is 306 g/mol. The van der Waals surface area contributed by atoms with Crippen LogP contribution in [0.5, 0.6) is 0 Å². The van der Waals surface area contributed by atoms with Crippen molar-refractivity contribution < 1.29 is 4.79 Å². The van der Waals surface area contributed by atoms with Crippen molar-refractivity contribution in [1.29, 1.82) is 0 Å². The van der Waals surface area contributed by atoms with E-state index in [1.54, 1.807) is 0 Å². The number of nitrogens with zero attached hydrogens (tertiary/aromatic N) is 2. The first kappa shape index (κ1) is 16.4. The highest BCUT2D eigenvalue weighted by molar-refractivity contribution is 5.82. The van der Waals surface area contributed by atoms with Gasteiger partial charge in [0.15, 0.2) is 0 Å². The van der Waals surface area contributed by atoms with Crippen LogP contribution in [0, 0.1) is 23.2 Å². The van der Waals surface area contributed by atoms with Gasteiger partial charge in [0.2, 0.25) is 0 Å². The quantitative estimate of drug-likeness (QED) is 0.780. The molecular weight excluding hydrogens is 272 g/mol. The van der Waals surface area contributed by atoms with Crippen molar-refractivity contribution in [2.75, 3.05) is 32.7 Å². The van der Waals surface area contributed by atoms with Gasteiger partial charge in [0.1, 0.15) is 5.78 Å². The van der Waals surface area contributed by atoms with Gasteiger partial charge in [-0.1, -0.05) is 27.7 Å². The van der Waals surface area contributed by atoms with E-state index in [-0.39, 0.29) is 5.92 Å². The van der Waals surface area contributed by atoms with Crippen molar-refractivity contribution in [3.05, 3.63) is 0 Å². The molecule has 3 aliphatic rings. The lowest BCUT2D eigenvalue weighted by atomic mass is 9.55. The van der Waals surface area contributed by atoms with E-state index < -0.39 is 0 Å². The predicted molar refractivity (Wildman–Crippen MR) is 90.9 cm³/mol. The molecule has 0 aromatic carbocycles. The third-order valence-electron chi connectivity index (χ3n) is 6.51. The molecule has 3 rings (SSSR count). The van der Waals surface area contributed by atoms with Gasteiger partial charge in [0.05, 0.1) is 6.54 Å². The summed E-state index contributed by atoms with van der Waals surface area (Å²) in [6.07, 6.45) is 5.47. The highest BCUT2D eigenvalue weighted by Gasteiger charge is 2.53. The Labute approximate surface area is 136 Å². The Balaban J connectivity index is 1.37. The first-order chi connectivity index (χ1) is 10.4. The molecule has 0 N–H and O–H groups in total. The van der Waals surface area contributed by atoms with Gasteiger partial charge in [-0.25, -0.2) is 0 Å². The molecule has 1 spiro atoms. The zero-order valence-corrected chi connectivity index (χ0v) is 15.0. The first-order valence-electron chi connectivity index (χ1n) is 9.38. The van der Waals surface area contributed by atoms with Crippen LogP contribution in [-0.2, 0) is 4.79 Å². The first-order valence-corrected chi connectivity index (χ1v) is 9.38. The second-order valence-electron chi connectivity index (χ2n) is 8.95. The molecule has 2 heterocycles. The summed E-state index contributed by atoms with van der Waals surface area (Å²) in [5, 5.41) is 0. The van der Waals surface area contributed by atoms with E-state index in [1.165, 1.54) is 38.8 Å². The lowest BCUT2D eigenvalue weighted by Gasteiger charge is -2.62. The van der Waals surface area contributed by atoms with Crippen LogP contribution in [0.1, 0.15) is 53.4 Å². The van der Waals surface area contributed by atoms with Crippen LogP contribution in [0.4, 0.5) is 0 Å². The Bertz CT molecular complexity index is 396. The molecule has 3 nitrogen and oxygen atoms in total. The van der Waals surface area contributed by atoms with Crippen molar-refractivity contribution >= 4 is 5.78 Å². The van der Waals surface area contributed by atoms with Gasteiger partial charge < -0.3 is 0 Å². The SMILES string of the molecule is CC(C)C(=O)CN1CCC(N2CC3(CC(C(C)C)C3)C2)CC1. The molecule has 0 unspecified atom stereocenters. The highest BCUT2D eigenvalue weighted by Crippen LogP contribution is 2.55. The maximum Gasteiger partial charge on any atom is 0.149 e. The molecule has 0 radical (unpaired) electrons. The number of piperidine rings is 1. The summed E-state index contributed by atoms with van der Waals surface area (Å²) in [7, 11) is 0. The third-order valence-corrected chi connectivity index (χ3v) is 6.51. The summed E-state index contributed by atoms with van der Waals surface area (Å²) < 4.78 is 0. The fourth-order valence-electron chi connectivity index (χ4n) is 4.70. The molecule has 2 saturated heterocycles. The van der Waals surface area contributed by atoms with Gasteiger partial charge in [-0.3, -0.25) is 14.6 Å². The molecular formula is C19H34N2O. The van der Waals surface area contributed by atoms with Crippen LogP contribution in [0.2, 0.25) is 0 Å². The van der Waals surface area contributed by atoms with Gasteiger partial charge in [0, 0.05) is 38.1 Å². The average Bonchev–Trinajstić information content (AvgIpc) is 2.36. The van der Waals surface area contributed by atoms with Crippen molar-refractivity contribution in [3.63, 3.8) is 0 Å². The van der Waals surface area contributed by atoms with Gasteiger partial charge in [-0.05, 0) is 42.9 Å². The summed E-state index contributed by atoms with van der Waals surface area (Å²) in [4.78, 5) is 17.0.